The molecule has 1 aliphatic rings. The summed E-state index contributed by atoms with van der Waals surface area (Å²) in [6, 6.07) is -0.345. The second kappa shape index (κ2) is 6.95. The molecule has 0 aromatic rings. The lowest BCUT2D eigenvalue weighted by Crippen LogP contribution is -2.57. The Hall–Kier alpha value is -1.15. The average Bonchev–Trinajstić information content (AvgIpc) is 2.32. The highest BCUT2D eigenvalue weighted by Crippen LogP contribution is 2.20. The molecule has 1 saturated heterocycles. The van der Waals surface area contributed by atoms with E-state index >= 15 is 0 Å². The van der Waals surface area contributed by atoms with Crippen molar-refractivity contribution < 1.29 is 22.7 Å². The Kier molecular flexibility index (Phi) is 5.97. The number of piperazine rings is 1. The number of hydrogen-bond donors (Lipinski definition) is 0. The molecule has 0 bridgehead atoms. The van der Waals surface area contributed by atoms with Crippen LogP contribution in [0.15, 0.2) is 0 Å². The van der Waals surface area contributed by atoms with Crippen LogP contribution < -0.4 is 0 Å². The van der Waals surface area contributed by atoms with Crippen molar-refractivity contribution in [2.75, 3.05) is 25.9 Å². The highest BCUT2D eigenvalue weighted by Gasteiger charge is 2.35. The first-order valence-electron chi connectivity index (χ1n) is 7.34. The molecule has 0 radical (unpaired) electrons. The molecule has 22 heavy (non-hydrogen) atoms. The monoisotopic (exact) mass is 334 g/mol. The van der Waals surface area contributed by atoms with Crippen molar-refractivity contribution in [3.63, 3.8) is 0 Å². The summed E-state index contributed by atoms with van der Waals surface area (Å²) in [5, 5.41) is 0. The van der Waals surface area contributed by atoms with Crippen LogP contribution in [0, 0.1) is 0 Å². The van der Waals surface area contributed by atoms with Gasteiger partial charge in [-0.15, -0.1) is 0 Å². The van der Waals surface area contributed by atoms with E-state index in [-0.39, 0.29) is 31.5 Å². The first kappa shape index (κ1) is 18.9. The molecule has 0 aromatic carbocycles. The van der Waals surface area contributed by atoms with Gasteiger partial charge in [-0.1, -0.05) is 0 Å². The van der Waals surface area contributed by atoms with Crippen molar-refractivity contribution in [2.24, 2.45) is 0 Å². The van der Waals surface area contributed by atoms with Crippen LogP contribution in [0.1, 0.15) is 40.5 Å². The predicted octanol–water partition coefficient (Wildman–Crippen LogP) is 1.24. The van der Waals surface area contributed by atoms with Crippen molar-refractivity contribution >= 4 is 21.9 Å². The summed E-state index contributed by atoms with van der Waals surface area (Å²) in [7, 11) is -3.31. The first-order valence-corrected chi connectivity index (χ1v) is 9.19. The standard InChI is InChI=1S/C14H26N2O5S/c1-11(17)6-7-12-10-15(22(5,19)20)8-9-16(12)13(18)21-14(2,3)4/h12H,6-10H2,1-5H3. The van der Waals surface area contributed by atoms with Crippen LogP contribution in [0.2, 0.25) is 0 Å². The number of carbonyl (C=O) groups is 2. The topological polar surface area (TPSA) is 84.0 Å². The third-order valence-electron chi connectivity index (χ3n) is 3.37. The van der Waals surface area contributed by atoms with Crippen molar-refractivity contribution in [3.8, 4) is 0 Å². The Morgan fingerprint density at radius 1 is 1.23 bits per heavy atom. The lowest BCUT2D eigenvalue weighted by atomic mass is 10.1. The van der Waals surface area contributed by atoms with Gasteiger partial charge in [0.25, 0.3) is 0 Å². The molecule has 1 heterocycles. The number of sulfonamides is 1. The number of Topliss-reactive ketones (excluding diaryl/α,β-unsaturated/α-hetero) is 1. The summed E-state index contributed by atoms with van der Waals surface area (Å²) in [5.74, 6) is 0.0145. The Bertz CT molecular complexity index is 524. The molecule has 7 nitrogen and oxygen atoms in total. The zero-order valence-electron chi connectivity index (χ0n) is 14.0. The zero-order valence-corrected chi connectivity index (χ0v) is 14.8. The number of nitrogens with zero attached hydrogens (tertiary/aromatic N) is 2. The summed E-state index contributed by atoms with van der Waals surface area (Å²) in [6.07, 6.45) is 1.43. The van der Waals surface area contributed by atoms with E-state index in [4.69, 9.17) is 4.74 Å². The maximum atomic E-state index is 12.3. The normalized spacial score (nSPS) is 20.8. The van der Waals surface area contributed by atoms with Gasteiger partial charge in [0.15, 0.2) is 0 Å². The lowest BCUT2D eigenvalue weighted by molar-refractivity contribution is -0.117. The van der Waals surface area contributed by atoms with Gasteiger partial charge in [-0.25, -0.2) is 13.2 Å². The van der Waals surface area contributed by atoms with Gasteiger partial charge in [-0.05, 0) is 34.1 Å². The fourth-order valence-electron chi connectivity index (χ4n) is 2.31. The smallest absolute Gasteiger partial charge is 0.410 e. The summed E-state index contributed by atoms with van der Waals surface area (Å²) in [4.78, 5) is 25.0. The minimum atomic E-state index is -3.31. The number of carbonyl (C=O) groups excluding carboxylic acids is 2. The molecular weight excluding hydrogens is 308 g/mol. The van der Waals surface area contributed by atoms with Crippen LogP contribution in [0.3, 0.4) is 0 Å². The molecule has 1 unspecified atom stereocenters. The highest BCUT2D eigenvalue weighted by atomic mass is 32.2. The van der Waals surface area contributed by atoms with E-state index in [2.05, 4.69) is 0 Å². The molecule has 0 aromatic heterocycles. The summed E-state index contributed by atoms with van der Waals surface area (Å²) < 4.78 is 30.1. The molecular formula is C14H26N2O5S. The number of ketones is 1. The lowest BCUT2D eigenvalue weighted by Gasteiger charge is -2.40. The van der Waals surface area contributed by atoms with Gasteiger partial charge in [0, 0.05) is 32.1 Å². The third kappa shape index (κ3) is 5.92. The van der Waals surface area contributed by atoms with E-state index in [0.29, 0.717) is 12.8 Å². The van der Waals surface area contributed by atoms with E-state index in [0.717, 1.165) is 6.26 Å². The van der Waals surface area contributed by atoms with Gasteiger partial charge in [0.2, 0.25) is 10.0 Å². The maximum Gasteiger partial charge on any atom is 0.410 e. The molecule has 1 aliphatic heterocycles. The van der Waals surface area contributed by atoms with E-state index < -0.39 is 21.7 Å². The van der Waals surface area contributed by atoms with Gasteiger partial charge < -0.3 is 14.4 Å². The van der Waals surface area contributed by atoms with Crippen molar-refractivity contribution in [1.82, 2.24) is 9.21 Å². The first-order chi connectivity index (χ1) is 9.90. The van der Waals surface area contributed by atoms with Gasteiger partial charge in [0.1, 0.15) is 11.4 Å². The van der Waals surface area contributed by atoms with Gasteiger partial charge in [-0.3, -0.25) is 0 Å². The highest BCUT2D eigenvalue weighted by molar-refractivity contribution is 7.88. The molecule has 128 valence electrons. The Morgan fingerprint density at radius 2 is 1.82 bits per heavy atom. The summed E-state index contributed by atoms with van der Waals surface area (Å²) in [5.41, 5.74) is -0.615. The third-order valence-corrected chi connectivity index (χ3v) is 4.64. The van der Waals surface area contributed by atoms with E-state index in [1.165, 1.54) is 16.1 Å². The van der Waals surface area contributed by atoms with Crippen molar-refractivity contribution in [3.05, 3.63) is 0 Å². The number of hydrogen-bond acceptors (Lipinski definition) is 5. The molecule has 0 N–H and O–H groups in total. The van der Waals surface area contributed by atoms with Crippen molar-refractivity contribution in [2.45, 2.75) is 52.2 Å². The van der Waals surface area contributed by atoms with Gasteiger partial charge >= 0.3 is 6.09 Å². The molecule has 1 fully saturated rings. The van der Waals surface area contributed by atoms with Gasteiger partial charge in [0.05, 0.1) is 6.26 Å². The minimum absolute atomic E-state index is 0.0145. The summed E-state index contributed by atoms with van der Waals surface area (Å²) in [6.45, 7) is 7.53. The number of rotatable bonds is 4. The SMILES string of the molecule is CC(=O)CCC1CN(S(C)(=O)=O)CCN1C(=O)OC(C)(C)C. The van der Waals surface area contributed by atoms with E-state index in [9.17, 15) is 18.0 Å². The fourth-order valence-corrected chi connectivity index (χ4v) is 3.16. The number of ether oxygens (including phenoxy) is 1. The maximum absolute atomic E-state index is 12.3. The molecule has 0 aliphatic carbocycles. The molecule has 8 heteroatoms. The fraction of sp³-hybridized carbons (Fsp3) is 0.857. The van der Waals surface area contributed by atoms with Crippen LogP contribution in [0.5, 0.6) is 0 Å². The Morgan fingerprint density at radius 3 is 2.27 bits per heavy atom. The Labute approximate surface area is 132 Å². The molecule has 1 atom stereocenters. The second-order valence-electron chi connectivity index (χ2n) is 6.69. The molecule has 0 spiro atoms. The Balaban J connectivity index is 2.85. The molecule has 1 rings (SSSR count). The van der Waals surface area contributed by atoms with E-state index in [1.807, 2.05) is 0 Å². The largest absolute Gasteiger partial charge is 0.444 e. The van der Waals surface area contributed by atoms with Crippen LogP contribution in [0.4, 0.5) is 4.79 Å². The van der Waals surface area contributed by atoms with Crippen LogP contribution in [-0.4, -0.2) is 67.0 Å². The van der Waals surface area contributed by atoms with E-state index in [1.54, 1.807) is 20.8 Å². The van der Waals surface area contributed by atoms with Crippen LogP contribution >= 0.6 is 0 Å². The minimum Gasteiger partial charge on any atom is -0.444 e. The van der Waals surface area contributed by atoms with Crippen LogP contribution in [-0.2, 0) is 19.6 Å². The quantitative estimate of drug-likeness (QED) is 0.772. The molecule has 0 saturated carbocycles. The number of amides is 1. The average molecular weight is 334 g/mol. The van der Waals surface area contributed by atoms with Gasteiger partial charge in [-0.2, -0.15) is 4.31 Å². The molecule has 1 amide bonds. The summed E-state index contributed by atoms with van der Waals surface area (Å²) >= 11 is 0. The second-order valence-corrected chi connectivity index (χ2v) is 8.67. The zero-order chi connectivity index (χ0) is 17.1. The predicted molar refractivity (Wildman–Crippen MR) is 83.1 cm³/mol. The van der Waals surface area contributed by atoms with Crippen LogP contribution in [0.25, 0.3) is 0 Å². The van der Waals surface area contributed by atoms with Crippen molar-refractivity contribution in [1.29, 1.82) is 0 Å².